The first kappa shape index (κ1) is 14.6. The van der Waals surface area contributed by atoms with E-state index in [4.69, 9.17) is 17.3 Å². The fourth-order valence-corrected chi connectivity index (χ4v) is 4.66. The Hall–Kier alpha value is -0.780. The van der Waals surface area contributed by atoms with Crippen LogP contribution in [0.4, 0.5) is 5.69 Å². The van der Waals surface area contributed by atoms with Crippen LogP contribution in [0.1, 0.15) is 32.6 Å². The number of nitrogen functional groups attached to an aromatic ring is 1. The van der Waals surface area contributed by atoms with Crippen molar-refractivity contribution >= 4 is 27.3 Å². The molecule has 0 radical (unpaired) electrons. The molecule has 1 unspecified atom stereocenters. The predicted octanol–water partition coefficient (Wildman–Crippen LogP) is 2.78. The minimum atomic E-state index is -3.67. The Morgan fingerprint density at radius 1 is 1.37 bits per heavy atom. The van der Waals surface area contributed by atoms with Crippen LogP contribution >= 0.6 is 11.6 Å². The molecule has 0 aliphatic heterocycles. The summed E-state index contributed by atoms with van der Waals surface area (Å²) in [5.74, 6) is 0.401. The molecule has 0 heterocycles. The highest BCUT2D eigenvalue weighted by molar-refractivity contribution is 7.89. The third-order valence-corrected chi connectivity index (χ3v) is 5.82. The maximum Gasteiger partial charge on any atom is 0.244 e. The van der Waals surface area contributed by atoms with Gasteiger partial charge in [0.2, 0.25) is 10.0 Å². The second-order valence-corrected chi connectivity index (χ2v) is 7.17. The topological polar surface area (TPSA) is 72.2 Å². The summed E-state index contributed by atoms with van der Waals surface area (Å²) in [6.45, 7) is 1.90. The second kappa shape index (κ2) is 5.69. The molecule has 1 aliphatic carbocycles. The van der Waals surface area contributed by atoms with Gasteiger partial charge in [-0.25, -0.2) is 13.1 Å². The lowest BCUT2D eigenvalue weighted by molar-refractivity contribution is 0.424. The van der Waals surface area contributed by atoms with Crippen LogP contribution in [0.2, 0.25) is 5.02 Å². The average molecular weight is 303 g/mol. The molecular weight excluding hydrogens is 284 g/mol. The Labute approximate surface area is 119 Å². The number of hydrogen-bond donors (Lipinski definition) is 2. The summed E-state index contributed by atoms with van der Waals surface area (Å²) in [6, 6.07) is 4.62. The molecule has 3 N–H and O–H groups in total. The third kappa shape index (κ3) is 3.22. The number of nitrogens with two attached hydrogens (primary N) is 1. The lowest BCUT2D eigenvalue weighted by atomic mass is 10.0. The fourth-order valence-electron chi connectivity index (χ4n) is 2.67. The number of sulfonamides is 1. The van der Waals surface area contributed by atoms with Crippen molar-refractivity contribution < 1.29 is 8.42 Å². The minimum absolute atomic E-state index is 0.0125. The quantitative estimate of drug-likeness (QED) is 0.840. The summed E-state index contributed by atoms with van der Waals surface area (Å²) < 4.78 is 27.4. The summed E-state index contributed by atoms with van der Waals surface area (Å²) in [7, 11) is -3.67. The molecule has 0 spiro atoms. The first-order chi connectivity index (χ1) is 8.92. The molecule has 1 saturated carbocycles. The maximum absolute atomic E-state index is 12.4. The highest BCUT2D eigenvalue weighted by Gasteiger charge is 2.28. The molecule has 1 atom stereocenters. The van der Waals surface area contributed by atoms with E-state index in [2.05, 4.69) is 4.72 Å². The van der Waals surface area contributed by atoms with E-state index >= 15 is 0 Å². The molecule has 2 rings (SSSR count). The van der Waals surface area contributed by atoms with Crippen molar-refractivity contribution in [3.05, 3.63) is 23.2 Å². The van der Waals surface area contributed by atoms with Gasteiger partial charge in [0.05, 0.1) is 10.7 Å². The number of anilines is 1. The van der Waals surface area contributed by atoms with Gasteiger partial charge in [0, 0.05) is 6.04 Å². The van der Waals surface area contributed by atoms with Crippen LogP contribution < -0.4 is 10.5 Å². The summed E-state index contributed by atoms with van der Waals surface area (Å²) in [5, 5.41) is 0.158. The van der Waals surface area contributed by atoms with Gasteiger partial charge in [-0.3, -0.25) is 0 Å². The van der Waals surface area contributed by atoms with Gasteiger partial charge in [0.15, 0.2) is 0 Å². The molecule has 1 aromatic rings. The standard InChI is InChI=1S/C13H19ClN2O2S/c1-9(10-5-2-3-6-10)16-19(17,18)13-11(14)7-4-8-12(13)15/h4,7-10,16H,2-3,5-6,15H2,1H3. The van der Waals surface area contributed by atoms with Crippen LogP contribution in [0.3, 0.4) is 0 Å². The summed E-state index contributed by atoms with van der Waals surface area (Å²) >= 11 is 5.96. The van der Waals surface area contributed by atoms with Crippen molar-refractivity contribution in [2.45, 2.75) is 43.5 Å². The lowest BCUT2D eigenvalue weighted by Gasteiger charge is -2.21. The first-order valence-electron chi connectivity index (χ1n) is 6.48. The second-order valence-electron chi connectivity index (χ2n) is 5.11. The fraction of sp³-hybridized carbons (Fsp3) is 0.538. The van der Waals surface area contributed by atoms with Crippen molar-refractivity contribution in [2.24, 2.45) is 5.92 Å². The van der Waals surface area contributed by atoms with Crippen LogP contribution in [0.5, 0.6) is 0 Å². The molecule has 0 amide bonds. The van der Waals surface area contributed by atoms with Gasteiger partial charge in [-0.05, 0) is 37.8 Å². The third-order valence-electron chi connectivity index (χ3n) is 3.71. The molecule has 1 fully saturated rings. The number of benzene rings is 1. The molecular formula is C13H19ClN2O2S. The molecule has 1 aromatic carbocycles. The Bertz CT molecular complexity index is 534. The van der Waals surface area contributed by atoms with E-state index in [-0.39, 0.29) is 21.6 Å². The zero-order chi connectivity index (χ0) is 14.0. The summed E-state index contributed by atoms with van der Waals surface area (Å²) in [4.78, 5) is -0.0125. The van der Waals surface area contributed by atoms with Gasteiger partial charge >= 0.3 is 0 Å². The average Bonchev–Trinajstić information content (AvgIpc) is 2.80. The van der Waals surface area contributed by atoms with E-state index in [1.165, 1.54) is 18.9 Å². The van der Waals surface area contributed by atoms with Crippen LogP contribution in [0, 0.1) is 5.92 Å². The molecule has 4 nitrogen and oxygen atoms in total. The number of hydrogen-bond acceptors (Lipinski definition) is 3. The highest BCUT2D eigenvalue weighted by atomic mass is 35.5. The normalized spacial score (nSPS) is 18.6. The van der Waals surface area contributed by atoms with Gasteiger partial charge in [0.25, 0.3) is 0 Å². The van der Waals surface area contributed by atoms with Gasteiger partial charge in [-0.15, -0.1) is 0 Å². The van der Waals surface area contributed by atoms with Gasteiger partial charge in [0.1, 0.15) is 4.90 Å². The molecule has 19 heavy (non-hydrogen) atoms. The molecule has 0 bridgehead atoms. The SMILES string of the molecule is CC(NS(=O)(=O)c1c(N)cccc1Cl)C1CCCC1. The Morgan fingerprint density at radius 2 is 2.00 bits per heavy atom. The van der Waals surface area contributed by atoms with E-state index in [9.17, 15) is 8.42 Å². The Kier molecular flexibility index (Phi) is 4.38. The zero-order valence-corrected chi connectivity index (χ0v) is 12.5. The van der Waals surface area contributed by atoms with E-state index in [1.54, 1.807) is 12.1 Å². The van der Waals surface area contributed by atoms with E-state index in [1.807, 2.05) is 6.92 Å². The van der Waals surface area contributed by atoms with Crippen LogP contribution in [0.15, 0.2) is 23.1 Å². The van der Waals surface area contributed by atoms with Crippen LogP contribution in [0.25, 0.3) is 0 Å². The largest absolute Gasteiger partial charge is 0.398 e. The highest BCUT2D eigenvalue weighted by Crippen LogP contribution is 2.30. The van der Waals surface area contributed by atoms with Crippen molar-refractivity contribution in [1.82, 2.24) is 4.72 Å². The van der Waals surface area contributed by atoms with Gasteiger partial charge in [-0.1, -0.05) is 30.5 Å². The zero-order valence-electron chi connectivity index (χ0n) is 10.9. The van der Waals surface area contributed by atoms with Gasteiger partial charge in [-0.2, -0.15) is 0 Å². The smallest absolute Gasteiger partial charge is 0.244 e. The van der Waals surface area contributed by atoms with Crippen LogP contribution in [-0.4, -0.2) is 14.5 Å². The number of nitrogens with one attached hydrogen (secondary N) is 1. The van der Waals surface area contributed by atoms with Crippen molar-refractivity contribution in [2.75, 3.05) is 5.73 Å². The Balaban J connectivity index is 2.22. The van der Waals surface area contributed by atoms with E-state index in [0.717, 1.165) is 12.8 Å². The maximum atomic E-state index is 12.4. The van der Waals surface area contributed by atoms with Crippen molar-refractivity contribution in [3.63, 3.8) is 0 Å². The predicted molar refractivity (Wildman–Crippen MR) is 77.6 cm³/mol. The lowest BCUT2D eigenvalue weighted by Crippen LogP contribution is -2.37. The molecule has 106 valence electrons. The summed E-state index contributed by atoms with van der Waals surface area (Å²) in [5.41, 5.74) is 5.91. The van der Waals surface area contributed by atoms with E-state index < -0.39 is 10.0 Å². The van der Waals surface area contributed by atoms with Crippen molar-refractivity contribution in [3.8, 4) is 0 Å². The van der Waals surface area contributed by atoms with Crippen molar-refractivity contribution in [1.29, 1.82) is 0 Å². The number of halogens is 1. The van der Waals surface area contributed by atoms with E-state index in [0.29, 0.717) is 5.92 Å². The molecule has 0 aromatic heterocycles. The van der Waals surface area contributed by atoms with Crippen LogP contribution in [-0.2, 0) is 10.0 Å². The van der Waals surface area contributed by atoms with Gasteiger partial charge < -0.3 is 5.73 Å². The summed E-state index contributed by atoms with van der Waals surface area (Å²) in [6.07, 6.45) is 4.49. The Morgan fingerprint density at radius 3 is 2.58 bits per heavy atom. The number of rotatable bonds is 4. The monoisotopic (exact) mass is 302 g/mol. The molecule has 0 saturated heterocycles. The molecule has 6 heteroatoms. The first-order valence-corrected chi connectivity index (χ1v) is 8.34. The molecule has 1 aliphatic rings. The minimum Gasteiger partial charge on any atom is -0.398 e.